The van der Waals surface area contributed by atoms with Gasteiger partial charge in [0, 0.05) is 32.1 Å². The van der Waals surface area contributed by atoms with Crippen molar-refractivity contribution in [2.75, 3.05) is 18.4 Å². The third-order valence-electron chi connectivity index (χ3n) is 4.90. The lowest BCUT2D eigenvalue weighted by atomic mass is 10.4. The molecule has 0 radical (unpaired) electrons. The first-order valence-corrected chi connectivity index (χ1v) is 10.1. The van der Waals surface area contributed by atoms with E-state index in [0.717, 1.165) is 48.8 Å². The smallest absolute Gasteiger partial charge is 0.475 e. The number of carboxylic acid groups (broad SMARTS) is 1. The van der Waals surface area contributed by atoms with Crippen molar-refractivity contribution >= 4 is 17.8 Å². The molecular weight excluding hydrogens is 431 g/mol. The maximum absolute atomic E-state index is 12.3. The molecule has 0 spiro atoms. The molecule has 0 aromatic carbocycles. The number of aryl methyl sites for hydroxylation is 1. The summed E-state index contributed by atoms with van der Waals surface area (Å²) in [6, 6.07) is 4.31. The van der Waals surface area contributed by atoms with Crippen molar-refractivity contribution in [1.82, 2.24) is 30.0 Å². The lowest BCUT2D eigenvalue weighted by molar-refractivity contribution is -0.192. The number of imidazole rings is 1. The van der Waals surface area contributed by atoms with Crippen LogP contribution in [0.5, 0.6) is 0 Å². The summed E-state index contributed by atoms with van der Waals surface area (Å²) in [5.74, 6) is -0.971. The van der Waals surface area contributed by atoms with Crippen molar-refractivity contribution in [2.24, 2.45) is 0 Å². The van der Waals surface area contributed by atoms with Crippen LogP contribution in [0.1, 0.15) is 30.1 Å². The van der Waals surface area contributed by atoms with E-state index in [4.69, 9.17) is 9.90 Å². The number of nitrogens with zero attached hydrogens (tertiary/aromatic N) is 5. The van der Waals surface area contributed by atoms with Gasteiger partial charge in [0.2, 0.25) is 0 Å². The quantitative estimate of drug-likeness (QED) is 0.644. The standard InChI is InChI=1S/C17H23N7O.C2HF3O2/c1-12-2-5-15(22-21-12)18-10-14-11-19-16-6-7-23(8-9-24(14)16)17(25)20-13-3-4-13;3-2(4,5)1(6)7/h2,5,11,13H,3-4,6-10H2,1H3,(H,18,22)(H,20,25);(H,6,7). The Hall–Kier alpha value is -3.38. The Labute approximate surface area is 181 Å². The highest BCUT2D eigenvalue weighted by molar-refractivity contribution is 5.75. The van der Waals surface area contributed by atoms with Gasteiger partial charge in [-0.1, -0.05) is 0 Å². The number of fused-ring (bicyclic) bond motifs is 1. The molecule has 0 saturated heterocycles. The van der Waals surface area contributed by atoms with Gasteiger partial charge < -0.3 is 25.2 Å². The number of carbonyl (C=O) groups is 2. The number of aromatic nitrogens is 4. The number of nitrogens with one attached hydrogen (secondary N) is 2. The van der Waals surface area contributed by atoms with Crippen molar-refractivity contribution in [2.45, 2.75) is 51.5 Å². The fraction of sp³-hybridized carbons (Fsp3) is 0.526. The predicted octanol–water partition coefficient (Wildman–Crippen LogP) is 1.96. The summed E-state index contributed by atoms with van der Waals surface area (Å²) >= 11 is 0. The second-order valence-electron chi connectivity index (χ2n) is 7.49. The second kappa shape index (κ2) is 9.83. The fourth-order valence-electron chi connectivity index (χ4n) is 3.01. The average molecular weight is 455 g/mol. The number of urea groups is 1. The monoisotopic (exact) mass is 455 g/mol. The van der Waals surface area contributed by atoms with Gasteiger partial charge in [-0.15, -0.1) is 5.10 Å². The molecule has 1 fully saturated rings. The minimum atomic E-state index is -5.08. The van der Waals surface area contributed by atoms with Crippen LogP contribution in [0.25, 0.3) is 0 Å². The molecule has 3 N–H and O–H groups in total. The molecule has 174 valence electrons. The van der Waals surface area contributed by atoms with E-state index in [0.29, 0.717) is 25.7 Å². The molecule has 2 aromatic heterocycles. The number of carbonyl (C=O) groups excluding carboxylic acids is 1. The molecule has 2 amide bonds. The van der Waals surface area contributed by atoms with E-state index < -0.39 is 12.1 Å². The van der Waals surface area contributed by atoms with E-state index in [1.54, 1.807) is 0 Å². The van der Waals surface area contributed by atoms with Gasteiger partial charge in [-0.2, -0.15) is 18.3 Å². The normalized spacial score (nSPS) is 15.7. The van der Waals surface area contributed by atoms with Crippen LogP contribution in [0.3, 0.4) is 0 Å². The molecule has 2 aliphatic rings. The largest absolute Gasteiger partial charge is 0.490 e. The maximum atomic E-state index is 12.3. The van der Waals surface area contributed by atoms with Gasteiger partial charge in [-0.25, -0.2) is 14.6 Å². The zero-order chi connectivity index (χ0) is 23.3. The van der Waals surface area contributed by atoms with Crippen LogP contribution in [-0.2, 0) is 24.3 Å². The number of carboxylic acids is 1. The van der Waals surface area contributed by atoms with Crippen molar-refractivity contribution in [3.63, 3.8) is 0 Å². The zero-order valence-corrected chi connectivity index (χ0v) is 17.4. The van der Waals surface area contributed by atoms with Crippen molar-refractivity contribution in [1.29, 1.82) is 0 Å². The van der Waals surface area contributed by atoms with Gasteiger partial charge in [-0.3, -0.25) is 0 Å². The molecule has 4 rings (SSSR count). The highest BCUT2D eigenvalue weighted by Gasteiger charge is 2.38. The van der Waals surface area contributed by atoms with E-state index in [2.05, 4.69) is 30.4 Å². The number of halogens is 3. The van der Waals surface area contributed by atoms with Crippen LogP contribution in [-0.4, -0.2) is 67.1 Å². The van der Waals surface area contributed by atoms with Crippen molar-refractivity contribution in [3.05, 3.63) is 35.5 Å². The number of hydrogen-bond donors (Lipinski definition) is 3. The number of anilines is 1. The topological polar surface area (TPSA) is 125 Å². The molecule has 1 saturated carbocycles. The lowest BCUT2D eigenvalue weighted by Crippen LogP contribution is -2.42. The maximum Gasteiger partial charge on any atom is 0.490 e. The summed E-state index contributed by atoms with van der Waals surface area (Å²) in [6.07, 6.45) is -0.177. The van der Waals surface area contributed by atoms with Crippen LogP contribution in [0, 0.1) is 6.92 Å². The van der Waals surface area contributed by atoms with E-state index in [-0.39, 0.29) is 6.03 Å². The summed E-state index contributed by atoms with van der Waals surface area (Å²) in [5, 5.41) is 21.7. The SMILES string of the molecule is Cc1ccc(NCc2cnc3n2CCN(C(=O)NC2CC2)CC3)nn1.O=C(O)C(F)(F)F. The fourth-order valence-corrected chi connectivity index (χ4v) is 3.01. The van der Waals surface area contributed by atoms with E-state index in [1.165, 1.54) is 0 Å². The van der Waals surface area contributed by atoms with Crippen molar-refractivity contribution in [3.8, 4) is 0 Å². The summed E-state index contributed by atoms with van der Waals surface area (Å²) in [7, 11) is 0. The molecule has 13 heteroatoms. The third-order valence-corrected chi connectivity index (χ3v) is 4.90. The molecule has 0 unspecified atom stereocenters. The molecule has 1 aliphatic heterocycles. The molecule has 10 nitrogen and oxygen atoms in total. The highest BCUT2D eigenvalue weighted by atomic mass is 19.4. The lowest BCUT2D eigenvalue weighted by Gasteiger charge is -2.20. The average Bonchev–Trinajstić information content (AvgIpc) is 3.50. The van der Waals surface area contributed by atoms with Crippen LogP contribution in [0.15, 0.2) is 18.3 Å². The number of alkyl halides is 3. The molecular formula is C19H24F3N7O3. The van der Waals surface area contributed by atoms with Gasteiger partial charge >= 0.3 is 18.2 Å². The first-order valence-electron chi connectivity index (χ1n) is 10.1. The van der Waals surface area contributed by atoms with E-state index in [1.807, 2.05) is 30.2 Å². The highest BCUT2D eigenvalue weighted by Crippen LogP contribution is 2.20. The van der Waals surface area contributed by atoms with Gasteiger partial charge in [-0.05, 0) is 31.9 Å². The van der Waals surface area contributed by atoms with Crippen LogP contribution in [0.2, 0.25) is 0 Å². The first kappa shape index (κ1) is 23.3. The van der Waals surface area contributed by atoms with E-state index in [9.17, 15) is 18.0 Å². The van der Waals surface area contributed by atoms with Gasteiger partial charge in [0.15, 0.2) is 0 Å². The van der Waals surface area contributed by atoms with Crippen LogP contribution >= 0.6 is 0 Å². The van der Waals surface area contributed by atoms with Gasteiger partial charge in [0.05, 0.1) is 24.1 Å². The van der Waals surface area contributed by atoms with Gasteiger partial charge in [0.1, 0.15) is 11.6 Å². The molecule has 32 heavy (non-hydrogen) atoms. The Morgan fingerprint density at radius 1 is 1.19 bits per heavy atom. The Morgan fingerprint density at radius 3 is 2.50 bits per heavy atom. The summed E-state index contributed by atoms with van der Waals surface area (Å²) in [4.78, 5) is 27.6. The summed E-state index contributed by atoms with van der Waals surface area (Å²) in [5.41, 5.74) is 2.00. The minimum Gasteiger partial charge on any atom is -0.475 e. The number of rotatable bonds is 4. The molecule has 0 atom stereocenters. The third kappa shape index (κ3) is 6.56. The summed E-state index contributed by atoms with van der Waals surface area (Å²) < 4.78 is 33.9. The van der Waals surface area contributed by atoms with Crippen LogP contribution in [0.4, 0.5) is 23.8 Å². The number of hydrogen-bond acceptors (Lipinski definition) is 6. The minimum absolute atomic E-state index is 0.0582. The Balaban J connectivity index is 0.000000360. The first-order chi connectivity index (χ1) is 15.1. The summed E-state index contributed by atoms with van der Waals surface area (Å²) in [6.45, 7) is 4.74. The number of amides is 2. The molecule has 1 aliphatic carbocycles. The molecule has 0 bridgehead atoms. The van der Waals surface area contributed by atoms with E-state index >= 15 is 0 Å². The molecule has 3 heterocycles. The van der Waals surface area contributed by atoms with Crippen molar-refractivity contribution < 1.29 is 27.9 Å². The number of aliphatic carboxylic acids is 1. The Morgan fingerprint density at radius 2 is 1.91 bits per heavy atom. The molecule has 2 aromatic rings. The predicted molar refractivity (Wildman–Crippen MR) is 107 cm³/mol. The second-order valence-corrected chi connectivity index (χ2v) is 7.49. The Kier molecular flexibility index (Phi) is 7.15. The van der Waals surface area contributed by atoms with Crippen LogP contribution < -0.4 is 10.6 Å². The zero-order valence-electron chi connectivity index (χ0n) is 17.4. The Bertz CT molecular complexity index is 943. The van der Waals surface area contributed by atoms with Gasteiger partial charge in [0.25, 0.3) is 0 Å².